The minimum atomic E-state index is -0.521. The van der Waals surface area contributed by atoms with Crippen molar-refractivity contribution >= 4 is 23.2 Å². The van der Waals surface area contributed by atoms with Gasteiger partial charge in [0, 0.05) is 39.8 Å². The molecule has 0 saturated heterocycles. The molecule has 1 heterocycles. The standard InChI is InChI=1S/C15H13ClNO2.Y/c1-3-10-19-12-6-4-11(5-7-12)14-9-8-13(16)15(18)17(14)2;/h1,4-7,13H,8,10H2,2H3;/q-1;. The molecule has 1 aromatic rings. The molecule has 0 spiro atoms. The van der Waals surface area contributed by atoms with Gasteiger partial charge in [-0.15, -0.1) is 35.9 Å². The molecule has 1 amide bonds. The van der Waals surface area contributed by atoms with Crippen molar-refractivity contribution in [1.29, 1.82) is 0 Å². The molecule has 1 aliphatic heterocycles. The van der Waals surface area contributed by atoms with Gasteiger partial charge in [0.05, 0.1) is 0 Å². The predicted octanol–water partition coefficient (Wildman–Crippen LogP) is 2.31. The SMILES string of the molecule is C#CCOc1ccc(C2=[C-]CC(Cl)C(=O)N2C)cc1.[Y]. The van der Waals surface area contributed by atoms with Crippen LogP contribution in [-0.2, 0) is 37.5 Å². The molecule has 20 heavy (non-hydrogen) atoms. The number of halogens is 1. The summed E-state index contributed by atoms with van der Waals surface area (Å²) in [5.41, 5.74) is 1.64. The molecule has 1 atom stereocenters. The first kappa shape index (κ1) is 17.2. The van der Waals surface area contributed by atoms with Gasteiger partial charge in [-0.05, 0) is 12.1 Å². The van der Waals surface area contributed by atoms with E-state index >= 15 is 0 Å². The van der Waals surface area contributed by atoms with Gasteiger partial charge in [0.1, 0.15) is 17.7 Å². The zero-order valence-corrected chi connectivity index (χ0v) is 14.7. The molecule has 2 rings (SSSR count). The van der Waals surface area contributed by atoms with Gasteiger partial charge in [0.25, 0.3) is 0 Å². The average molecular weight is 364 g/mol. The van der Waals surface area contributed by atoms with Crippen LogP contribution in [0.5, 0.6) is 5.75 Å². The van der Waals surface area contributed by atoms with Crippen molar-refractivity contribution in [2.45, 2.75) is 11.8 Å². The zero-order valence-electron chi connectivity index (χ0n) is 11.1. The Balaban J connectivity index is 0.00000200. The molecule has 3 nitrogen and oxygen atoms in total. The summed E-state index contributed by atoms with van der Waals surface area (Å²) >= 11 is 5.89. The molecule has 0 bridgehead atoms. The van der Waals surface area contributed by atoms with E-state index in [0.717, 1.165) is 11.3 Å². The van der Waals surface area contributed by atoms with E-state index in [1.54, 1.807) is 7.05 Å². The number of hydrogen-bond acceptors (Lipinski definition) is 2. The molecular formula is C15H13ClNO2Y-. The number of carbonyl (C=O) groups excluding carboxylic acids is 1. The third-order valence-electron chi connectivity index (χ3n) is 2.83. The van der Waals surface area contributed by atoms with E-state index in [1.165, 1.54) is 4.90 Å². The number of benzene rings is 1. The quantitative estimate of drug-likeness (QED) is 0.468. The zero-order chi connectivity index (χ0) is 13.8. The first-order chi connectivity index (χ1) is 9.13. The van der Waals surface area contributed by atoms with Gasteiger partial charge in [-0.25, -0.2) is 6.08 Å². The molecule has 1 aliphatic rings. The van der Waals surface area contributed by atoms with Gasteiger partial charge in [-0.1, -0.05) is 12.3 Å². The van der Waals surface area contributed by atoms with Crippen molar-refractivity contribution < 1.29 is 42.2 Å². The van der Waals surface area contributed by atoms with E-state index in [9.17, 15) is 4.79 Å². The van der Waals surface area contributed by atoms with Crippen molar-refractivity contribution in [3.05, 3.63) is 35.9 Å². The Labute approximate surface area is 149 Å². The van der Waals surface area contributed by atoms with Crippen molar-refractivity contribution in [3.8, 4) is 18.1 Å². The van der Waals surface area contributed by atoms with E-state index in [4.69, 9.17) is 22.8 Å². The Morgan fingerprint density at radius 3 is 2.75 bits per heavy atom. The first-order valence-electron chi connectivity index (χ1n) is 5.82. The topological polar surface area (TPSA) is 29.5 Å². The van der Waals surface area contributed by atoms with Crippen molar-refractivity contribution in [2.24, 2.45) is 0 Å². The van der Waals surface area contributed by atoms with E-state index in [0.29, 0.717) is 12.2 Å². The number of rotatable bonds is 3. The summed E-state index contributed by atoms with van der Waals surface area (Å²) in [4.78, 5) is 13.3. The van der Waals surface area contributed by atoms with Gasteiger partial charge in [0.2, 0.25) is 5.91 Å². The minimum absolute atomic E-state index is 0. The summed E-state index contributed by atoms with van der Waals surface area (Å²) in [6, 6.07) is 7.36. The van der Waals surface area contributed by atoms with E-state index < -0.39 is 5.38 Å². The summed E-state index contributed by atoms with van der Waals surface area (Å²) in [6.45, 7) is 0.237. The number of amides is 1. The van der Waals surface area contributed by atoms with Crippen LogP contribution in [-0.4, -0.2) is 29.8 Å². The Hall–Kier alpha value is -0.816. The Morgan fingerprint density at radius 1 is 1.50 bits per heavy atom. The number of allylic oxidation sites excluding steroid dienone is 1. The van der Waals surface area contributed by atoms with E-state index in [1.807, 2.05) is 24.3 Å². The van der Waals surface area contributed by atoms with Crippen LogP contribution in [0.15, 0.2) is 24.3 Å². The maximum atomic E-state index is 11.8. The predicted molar refractivity (Wildman–Crippen MR) is 74.4 cm³/mol. The van der Waals surface area contributed by atoms with Crippen LogP contribution in [0.3, 0.4) is 0 Å². The van der Waals surface area contributed by atoms with Crippen molar-refractivity contribution in [1.82, 2.24) is 4.90 Å². The Morgan fingerprint density at radius 2 is 2.15 bits per heavy atom. The minimum Gasteiger partial charge on any atom is -0.481 e. The second-order valence-electron chi connectivity index (χ2n) is 4.11. The third-order valence-corrected chi connectivity index (χ3v) is 3.17. The van der Waals surface area contributed by atoms with Gasteiger partial charge < -0.3 is 9.64 Å². The summed E-state index contributed by atoms with van der Waals surface area (Å²) in [5, 5.41) is -0.521. The second kappa shape index (κ2) is 7.83. The molecule has 0 saturated carbocycles. The summed E-state index contributed by atoms with van der Waals surface area (Å²) < 4.78 is 5.30. The fourth-order valence-electron chi connectivity index (χ4n) is 1.84. The summed E-state index contributed by atoms with van der Waals surface area (Å²) in [7, 11) is 1.70. The fourth-order valence-corrected chi connectivity index (χ4v) is 2.07. The number of terminal acetylenes is 1. The Bertz CT molecular complexity index is 548. The van der Waals surface area contributed by atoms with Gasteiger partial charge in [-0.2, -0.15) is 5.56 Å². The van der Waals surface area contributed by atoms with Crippen LogP contribution < -0.4 is 4.74 Å². The molecule has 101 valence electrons. The second-order valence-corrected chi connectivity index (χ2v) is 4.64. The summed E-state index contributed by atoms with van der Waals surface area (Å²) in [5.74, 6) is 2.99. The number of alkyl halides is 1. The molecule has 5 heteroatoms. The van der Waals surface area contributed by atoms with Crippen LogP contribution >= 0.6 is 11.6 Å². The van der Waals surface area contributed by atoms with E-state index in [-0.39, 0.29) is 45.2 Å². The molecule has 1 aromatic carbocycles. The van der Waals surface area contributed by atoms with E-state index in [2.05, 4.69) is 12.0 Å². The normalized spacial score (nSPS) is 17.9. The number of hydrogen-bond donors (Lipinski definition) is 0. The first-order valence-corrected chi connectivity index (χ1v) is 6.26. The smallest absolute Gasteiger partial charge is 0.240 e. The number of ether oxygens (including phenoxy) is 1. The maximum absolute atomic E-state index is 11.8. The molecule has 0 N–H and O–H groups in total. The molecular weight excluding hydrogens is 351 g/mol. The maximum Gasteiger partial charge on any atom is 0.240 e. The number of carbonyl (C=O) groups is 1. The van der Waals surface area contributed by atoms with Crippen LogP contribution in [0.2, 0.25) is 0 Å². The fraction of sp³-hybridized carbons (Fsp3) is 0.267. The molecule has 1 radical (unpaired) electrons. The third kappa shape index (κ3) is 3.85. The van der Waals surface area contributed by atoms with Crippen molar-refractivity contribution in [3.63, 3.8) is 0 Å². The van der Waals surface area contributed by atoms with Gasteiger partial charge >= 0.3 is 0 Å². The largest absolute Gasteiger partial charge is 0.481 e. The van der Waals surface area contributed by atoms with Crippen LogP contribution in [0.4, 0.5) is 0 Å². The monoisotopic (exact) mass is 363 g/mol. The average Bonchev–Trinajstić information content (AvgIpc) is 2.44. The van der Waals surface area contributed by atoms with Gasteiger partial charge in [0.15, 0.2) is 0 Å². The Kier molecular flexibility index (Phi) is 6.75. The van der Waals surface area contributed by atoms with Crippen LogP contribution in [0.1, 0.15) is 12.0 Å². The molecule has 1 unspecified atom stereocenters. The molecule has 0 aliphatic carbocycles. The summed E-state index contributed by atoms with van der Waals surface area (Å²) in [6.07, 6.45) is 8.69. The number of nitrogens with zero attached hydrogens (tertiary/aromatic N) is 1. The van der Waals surface area contributed by atoms with Gasteiger partial charge in [-0.3, -0.25) is 4.79 Å². The molecule has 0 aromatic heterocycles. The molecule has 0 fully saturated rings. The van der Waals surface area contributed by atoms with Crippen LogP contribution in [0.25, 0.3) is 5.70 Å². The van der Waals surface area contributed by atoms with Crippen LogP contribution in [0, 0.1) is 18.4 Å². The van der Waals surface area contributed by atoms with Crippen molar-refractivity contribution in [2.75, 3.05) is 13.7 Å².